The van der Waals surface area contributed by atoms with Crippen LogP contribution in [0.5, 0.6) is 5.75 Å². The van der Waals surface area contributed by atoms with Gasteiger partial charge >= 0.3 is 0 Å². The number of hydrogen-bond acceptors (Lipinski definition) is 4. The summed E-state index contributed by atoms with van der Waals surface area (Å²) in [6.07, 6.45) is 0. The SMILES string of the molecule is COc1ccc(NS(=O)(=O)C(C)CO)cc1. The van der Waals surface area contributed by atoms with Crippen LogP contribution in [-0.4, -0.2) is 32.5 Å². The fourth-order valence-corrected chi connectivity index (χ4v) is 1.88. The standard InChI is InChI=1S/C10H15NO4S/c1-8(7-12)16(13,14)11-9-3-5-10(15-2)6-4-9/h3-6,8,11-12H,7H2,1-2H3. The third kappa shape index (κ3) is 3.11. The van der Waals surface area contributed by atoms with Gasteiger partial charge in [0.05, 0.1) is 13.7 Å². The molecule has 0 radical (unpaired) electrons. The lowest BCUT2D eigenvalue weighted by Crippen LogP contribution is -2.28. The molecule has 0 aliphatic carbocycles. The molecular weight excluding hydrogens is 230 g/mol. The molecule has 6 heteroatoms. The second-order valence-electron chi connectivity index (χ2n) is 3.37. The van der Waals surface area contributed by atoms with Gasteiger partial charge in [0, 0.05) is 5.69 Å². The Bertz CT molecular complexity index is 427. The van der Waals surface area contributed by atoms with Crippen molar-refractivity contribution in [1.82, 2.24) is 0 Å². The predicted molar refractivity (Wildman–Crippen MR) is 62.1 cm³/mol. The molecule has 5 nitrogen and oxygen atoms in total. The van der Waals surface area contributed by atoms with Crippen LogP contribution in [0.1, 0.15) is 6.92 Å². The Hall–Kier alpha value is -1.27. The van der Waals surface area contributed by atoms with E-state index < -0.39 is 21.9 Å². The molecule has 0 fully saturated rings. The minimum absolute atomic E-state index is 0.411. The first kappa shape index (κ1) is 12.8. The normalized spacial score (nSPS) is 13.2. The maximum absolute atomic E-state index is 11.6. The van der Waals surface area contributed by atoms with Crippen LogP contribution >= 0.6 is 0 Å². The number of benzene rings is 1. The highest BCUT2D eigenvalue weighted by Crippen LogP contribution is 2.17. The Morgan fingerprint density at radius 1 is 1.38 bits per heavy atom. The summed E-state index contributed by atoms with van der Waals surface area (Å²) in [5, 5.41) is 7.95. The number of sulfonamides is 1. The van der Waals surface area contributed by atoms with Gasteiger partial charge in [0.2, 0.25) is 10.0 Å². The van der Waals surface area contributed by atoms with Crippen LogP contribution in [-0.2, 0) is 10.0 Å². The van der Waals surface area contributed by atoms with Gasteiger partial charge in [-0.15, -0.1) is 0 Å². The molecule has 1 aromatic carbocycles. The molecule has 1 unspecified atom stereocenters. The Morgan fingerprint density at radius 2 is 1.94 bits per heavy atom. The lowest BCUT2D eigenvalue weighted by Gasteiger charge is -2.12. The van der Waals surface area contributed by atoms with E-state index >= 15 is 0 Å². The number of anilines is 1. The molecule has 0 saturated carbocycles. The van der Waals surface area contributed by atoms with Crippen LogP contribution in [0.4, 0.5) is 5.69 Å². The van der Waals surface area contributed by atoms with Crippen molar-refractivity contribution < 1.29 is 18.3 Å². The van der Waals surface area contributed by atoms with Gasteiger partial charge in [-0.05, 0) is 31.2 Å². The van der Waals surface area contributed by atoms with Crippen LogP contribution in [0, 0.1) is 0 Å². The lowest BCUT2D eigenvalue weighted by molar-refractivity contribution is 0.296. The van der Waals surface area contributed by atoms with E-state index in [9.17, 15) is 8.42 Å². The third-order valence-corrected chi connectivity index (χ3v) is 3.87. The fraction of sp³-hybridized carbons (Fsp3) is 0.400. The summed E-state index contributed by atoms with van der Waals surface area (Å²) in [7, 11) is -1.99. The van der Waals surface area contributed by atoms with E-state index in [0.29, 0.717) is 11.4 Å². The molecule has 1 atom stereocenters. The van der Waals surface area contributed by atoms with Crippen LogP contribution in [0.25, 0.3) is 0 Å². The highest BCUT2D eigenvalue weighted by atomic mass is 32.2. The summed E-state index contributed by atoms with van der Waals surface area (Å²) in [6.45, 7) is 1.03. The first-order chi connectivity index (χ1) is 7.49. The Balaban J connectivity index is 2.80. The van der Waals surface area contributed by atoms with Crippen molar-refractivity contribution in [2.75, 3.05) is 18.4 Å². The zero-order valence-corrected chi connectivity index (χ0v) is 9.99. The number of ether oxygens (including phenoxy) is 1. The van der Waals surface area contributed by atoms with Crippen molar-refractivity contribution in [3.8, 4) is 5.75 Å². The molecule has 90 valence electrons. The second kappa shape index (κ2) is 5.18. The monoisotopic (exact) mass is 245 g/mol. The first-order valence-electron chi connectivity index (χ1n) is 4.76. The molecule has 0 amide bonds. The molecule has 1 rings (SSSR count). The Kier molecular flexibility index (Phi) is 4.14. The number of aliphatic hydroxyl groups is 1. The van der Waals surface area contributed by atoms with Gasteiger partial charge in [-0.3, -0.25) is 4.72 Å². The molecule has 2 N–H and O–H groups in total. The number of nitrogens with one attached hydrogen (secondary N) is 1. The number of hydrogen-bond donors (Lipinski definition) is 2. The van der Waals surface area contributed by atoms with E-state index in [0.717, 1.165) is 0 Å². The van der Waals surface area contributed by atoms with E-state index in [1.807, 2.05) is 0 Å². The number of aliphatic hydroxyl groups excluding tert-OH is 1. The Morgan fingerprint density at radius 3 is 2.38 bits per heavy atom. The summed E-state index contributed by atoms with van der Waals surface area (Å²) < 4.78 is 30.5. The van der Waals surface area contributed by atoms with E-state index in [-0.39, 0.29) is 0 Å². The largest absolute Gasteiger partial charge is 0.497 e. The van der Waals surface area contributed by atoms with Gasteiger partial charge in [-0.1, -0.05) is 0 Å². The average Bonchev–Trinajstić information content (AvgIpc) is 2.28. The second-order valence-corrected chi connectivity index (χ2v) is 5.47. The minimum Gasteiger partial charge on any atom is -0.497 e. The summed E-state index contributed by atoms with van der Waals surface area (Å²) in [6, 6.07) is 6.50. The highest BCUT2D eigenvalue weighted by molar-refractivity contribution is 7.93. The van der Waals surface area contributed by atoms with E-state index in [2.05, 4.69) is 4.72 Å². The lowest BCUT2D eigenvalue weighted by atomic mass is 10.3. The highest BCUT2D eigenvalue weighted by Gasteiger charge is 2.19. The van der Waals surface area contributed by atoms with Crippen LogP contribution in [0.3, 0.4) is 0 Å². The van der Waals surface area contributed by atoms with Crippen LogP contribution in [0.2, 0.25) is 0 Å². The van der Waals surface area contributed by atoms with Gasteiger partial charge in [0.1, 0.15) is 11.0 Å². The molecular formula is C10H15NO4S. The maximum Gasteiger partial charge on any atom is 0.237 e. The smallest absolute Gasteiger partial charge is 0.237 e. The molecule has 0 bridgehead atoms. The van der Waals surface area contributed by atoms with Crippen LogP contribution < -0.4 is 9.46 Å². The van der Waals surface area contributed by atoms with Crippen molar-refractivity contribution in [3.05, 3.63) is 24.3 Å². The Labute approximate surface area is 95.1 Å². The van der Waals surface area contributed by atoms with Gasteiger partial charge in [0.15, 0.2) is 0 Å². The molecule has 0 spiro atoms. The topological polar surface area (TPSA) is 75.6 Å². The summed E-state index contributed by atoms with van der Waals surface area (Å²) in [5.74, 6) is 0.651. The van der Waals surface area contributed by atoms with E-state index in [1.165, 1.54) is 14.0 Å². The summed E-state index contributed by atoms with van der Waals surface area (Å²) in [4.78, 5) is 0. The quantitative estimate of drug-likeness (QED) is 0.805. The maximum atomic E-state index is 11.6. The van der Waals surface area contributed by atoms with Crippen molar-refractivity contribution in [1.29, 1.82) is 0 Å². The van der Waals surface area contributed by atoms with Crippen LogP contribution in [0.15, 0.2) is 24.3 Å². The molecule has 0 aliphatic heterocycles. The summed E-state index contributed by atoms with van der Waals surface area (Å²) in [5.41, 5.74) is 0.445. The molecule has 0 aromatic heterocycles. The minimum atomic E-state index is -3.52. The fourth-order valence-electron chi connectivity index (χ4n) is 1.02. The average molecular weight is 245 g/mol. The van der Waals surface area contributed by atoms with Gasteiger partial charge in [-0.25, -0.2) is 8.42 Å². The van der Waals surface area contributed by atoms with E-state index in [4.69, 9.17) is 9.84 Å². The molecule has 0 saturated heterocycles. The van der Waals surface area contributed by atoms with Crippen molar-refractivity contribution in [2.24, 2.45) is 0 Å². The molecule has 0 aliphatic rings. The van der Waals surface area contributed by atoms with Gasteiger partial charge in [-0.2, -0.15) is 0 Å². The zero-order valence-electron chi connectivity index (χ0n) is 9.17. The van der Waals surface area contributed by atoms with Crippen molar-refractivity contribution in [2.45, 2.75) is 12.2 Å². The van der Waals surface area contributed by atoms with Crippen molar-refractivity contribution >= 4 is 15.7 Å². The summed E-state index contributed by atoms with van der Waals surface area (Å²) >= 11 is 0. The molecule has 16 heavy (non-hydrogen) atoms. The van der Waals surface area contributed by atoms with Gasteiger partial charge < -0.3 is 9.84 Å². The number of rotatable bonds is 5. The number of methoxy groups -OCH3 is 1. The van der Waals surface area contributed by atoms with Crippen molar-refractivity contribution in [3.63, 3.8) is 0 Å². The third-order valence-electron chi connectivity index (χ3n) is 2.14. The first-order valence-corrected chi connectivity index (χ1v) is 6.31. The molecule has 0 heterocycles. The predicted octanol–water partition coefficient (Wildman–Crippen LogP) is 0.818. The van der Waals surface area contributed by atoms with E-state index in [1.54, 1.807) is 24.3 Å². The van der Waals surface area contributed by atoms with Gasteiger partial charge in [0.25, 0.3) is 0 Å². The zero-order chi connectivity index (χ0) is 12.2. The molecule has 1 aromatic rings.